The smallest absolute Gasteiger partial charge is 0.233 e. The Kier molecular flexibility index (Phi) is 3.12. The highest BCUT2D eigenvalue weighted by Gasteiger charge is 2.01. The molecule has 1 heterocycles. The van der Waals surface area contributed by atoms with Crippen LogP contribution in [0.2, 0.25) is 0 Å². The van der Waals surface area contributed by atoms with Crippen molar-refractivity contribution in [3.8, 4) is 17.1 Å². The summed E-state index contributed by atoms with van der Waals surface area (Å²) in [4.78, 5) is 0. The largest absolute Gasteiger partial charge is 0.480 e. The second-order valence-electron chi connectivity index (χ2n) is 3.32. The lowest BCUT2D eigenvalue weighted by Gasteiger charge is -2.03. The van der Waals surface area contributed by atoms with Crippen LogP contribution in [0.4, 0.5) is 0 Å². The SMILES string of the molecule is COc1ccc(-c2cccc(CO)c2)nn1. The van der Waals surface area contributed by atoms with Crippen LogP contribution in [0.3, 0.4) is 0 Å². The van der Waals surface area contributed by atoms with E-state index in [2.05, 4.69) is 10.2 Å². The molecule has 82 valence electrons. The molecule has 0 saturated heterocycles. The van der Waals surface area contributed by atoms with Crippen molar-refractivity contribution in [3.63, 3.8) is 0 Å². The van der Waals surface area contributed by atoms with Gasteiger partial charge in [0.1, 0.15) is 0 Å². The summed E-state index contributed by atoms with van der Waals surface area (Å²) in [6.45, 7) is 0.0252. The third-order valence-electron chi connectivity index (χ3n) is 2.25. The van der Waals surface area contributed by atoms with Gasteiger partial charge in [0, 0.05) is 11.6 Å². The second kappa shape index (κ2) is 4.72. The zero-order valence-electron chi connectivity index (χ0n) is 8.92. The quantitative estimate of drug-likeness (QED) is 0.847. The molecule has 4 nitrogen and oxygen atoms in total. The molecule has 2 rings (SSSR count). The Morgan fingerprint density at radius 2 is 2.06 bits per heavy atom. The van der Waals surface area contributed by atoms with Gasteiger partial charge in [0.25, 0.3) is 0 Å². The molecule has 0 fully saturated rings. The highest BCUT2D eigenvalue weighted by Crippen LogP contribution is 2.18. The van der Waals surface area contributed by atoms with Crippen LogP contribution in [0, 0.1) is 0 Å². The van der Waals surface area contributed by atoms with Gasteiger partial charge in [-0.1, -0.05) is 18.2 Å². The van der Waals surface area contributed by atoms with Crippen LogP contribution in [0.25, 0.3) is 11.3 Å². The molecule has 0 aliphatic carbocycles. The highest BCUT2D eigenvalue weighted by molar-refractivity contribution is 5.59. The molecule has 1 aromatic heterocycles. The molecule has 0 unspecified atom stereocenters. The van der Waals surface area contributed by atoms with Crippen molar-refractivity contribution in [3.05, 3.63) is 42.0 Å². The minimum absolute atomic E-state index is 0.0252. The fraction of sp³-hybridized carbons (Fsp3) is 0.167. The summed E-state index contributed by atoms with van der Waals surface area (Å²) in [5.41, 5.74) is 2.55. The minimum Gasteiger partial charge on any atom is -0.480 e. The zero-order valence-corrected chi connectivity index (χ0v) is 8.92. The number of methoxy groups -OCH3 is 1. The summed E-state index contributed by atoms with van der Waals surface area (Å²) in [6.07, 6.45) is 0. The average molecular weight is 216 g/mol. The van der Waals surface area contributed by atoms with Crippen molar-refractivity contribution in [1.82, 2.24) is 10.2 Å². The molecule has 0 bridgehead atoms. The summed E-state index contributed by atoms with van der Waals surface area (Å²) in [5, 5.41) is 17.0. The molecule has 0 atom stereocenters. The highest BCUT2D eigenvalue weighted by atomic mass is 16.5. The fourth-order valence-electron chi connectivity index (χ4n) is 1.41. The van der Waals surface area contributed by atoms with E-state index in [0.29, 0.717) is 5.88 Å². The van der Waals surface area contributed by atoms with Gasteiger partial charge in [-0.05, 0) is 17.7 Å². The molecule has 0 radical (unpaired) electrons. The van der Waals surface area contributed by atoms with Crippen LogP contribution < -0.4 is 4.74 Å². The summed E-state index contributed by atoms with van der Waals surface area (Å²) in [7, 11) is 1.55. The van der Waals surface area contributed by atoms with Gasteiger partial charge in [-0.15, -0.1) is 10.2 Å². The Morgan fingerprint density at radius 1 is 1.19 bits per heavy atom. The summed E-state index contributed by atoms with van der Waals surface area (Å²) in [6, 6.07) is 11.1. The van der Waals surface area contributed by atoms with E-state index in [1.54, 1.807) is 13.2 Å². The number of ether oxygens (including phenoxy) is 1. The lowest BCUT2D eigenvalue weighted by Crippen LogP contribution is -1.92. The van der Waals surface area contributed by atoms with E-state index in [9.17, 15) is 0 Å². The van der Waals surface area contributed by atoms with Gasteiger partial charge in [0.05, 0.1) is 19.4 Å². The number of aliphatic hydroxyl groups is 1. The predicted octanol–water partition coefficient (Wildman–Crippen LogP) is 1.64. The van der Waals surface area contributed by atoms with E-state index in [0.717, 1.165) is 16.8 Å². The molecule has 0 amide bonds. The van der Waals surface area contributed by atoms with Gasteiger partial charge in [-0.2, -0.15) is 0 Å². The number of hydrogen-bond acceptors (Lipinski definition) is 4. The van der Waals surface area contributed by atoms with E-state index in [-0.39, 0.29) is 6.61 Å². The molecule has 0 spiro atoms. The van der Waals surface area contributed by atoms with E-state index >= 15 is 0 Å². The number of aromatic nitrogens is 2. The van der Waals surface area contributed by atoms with Crippen LogP contribution in [0.5, 0.6) is 5.88 Å². The monoisotopic (exact) mass is 216 g/mol. The van der Waals surface area contributed by atoms with Crippen LogP contribution in [-0.2, 0) is 6.61 Å². The van der Waals surface area contributed by atoms with Crippen LogP contribution in [-0.4, -0.2) is 22.4 Å². The lowest BCUT2D eigenvalue weighted by molar-refractivity contribution is 0.282. The van der Waals surface area contributed by atoms with Crippen molar-refractivity contribution in [2.24, 2.45) is 0 Å². The third-order valence-corrected chi connectivity index (χ3v) is 2.25. The van der Waals surface area contributed by atoms with Crippen molar-refractivity contribution in [2.45, 2.75) is 6.61 Å². The maximum atomic E-state index is 9.04. The van der Waals surface area contributed by atoms with Crippen LogP contribution >= 0.6 is 0 Å². The molecule has 1 N–H and O–H groups in total. The normalized spacial score (nSPS) is 10.1. The predicted molar refractivity (Wildman–Crippen MR) is 59.9 cm³/mol. The summed E-state index contributed by atoms with van der Waals surface area (Å²) in [5.74, 6) is 0.488. The Morgan fingerprint density at radius 3 is 2.69 bits per heavy atom. The van der Waals surface area contributed by atoms with Gasteiger partial charge >= 0.3 is 0 Å². The van der Waals surface area contributed by atoms with E-state index in [4.69, 9.17) is 9.84 Å². The number of benzene rings is 1. The molecule has 0 aliphatic rings. The Balaban J connectivity index is 2.34. The minimum atomic E-state index is 0.0252. The number of hydrogen-bond donors (Lipinski definition) is 1. The van der Waals surface area contributed by atoms with Crippen molar-refractivity contribution in [2.75, 3.05) is 7.11 Å². The summed E-state index contributed by atoms with van der Waals surface area (Å²) >= 11 is 0. The lowest BCUT2D eigenvalue weighted by atomic mass is 10.1. The fourth-order valence-corrected chi connectivity index (χ4v) is 1.41. The number of aliphatic hydroxyl groups excluding tert-OH is 1. The van der Waals surface area contributed by atoms with Gasteiger partial charge in [0.2, 0.25) is 5.88 Å². The maximum absolute atomic E-state index is 9.04. The standard InChI is InChI=1S/C12H12N2O2/c1-16-12-6-5-11(13-14-12)10-4-2-3-9(7-10)8-15/h2-7,15H,8H2,1H3. The maximum Gasteiger partial charge on any atom is 0.233 e. The molecule has 1 aromatic carbocycles. The van der Waals surface area contributed by atoms with Crippen molar-refractivity contribution in [1.29, 1.82) is 0 Å². The topological polar surface area (TPSA) is 55.2 Å². The molecular formula is C12H12N2O2. The Hall–Kier alpha value is -1.94. The first-order chi connectivity index (χ1) is 7.83. The zero-order chi connectivity index (χ0) is 11.4. The number of rotatable bonds is 3. The molecule has 16 heavy (non-hydrogen) atoms. The molecular weight excluding hydrogens is 204 g/mol. The third kappa shape index (κ3) is 2.17. The summed E-state index contributed by atoms with van der Waals surface area (Å²) < 4.78 is 4.94. The van der Waals surface area contributed by atoms with E-state index in [1.165, 1.54) is 0 Å². The molecule has 2 aromatic rings. The molecule has 0 aliphatic heterocycles. The first-order valence-corrected chi connectivity index (χ1v) is 4.91. The van der Waals surface area contributed by atoms with Gasteiger partial charge < -0.3 is 9.84 Å². The van der Waals surface area contributed by atoms with Crippen LogP contribution in [0.15, 0.2) is 36.4 Å². The van der Waals surface area contributed by atoms with Gasteiger partial charge in [-0.3, -0.25) is 0 Å². The van der Waals surface area contributed by atoms with Gasteiger partial charge in [0.15, 0.2) is 0 Å². The van der Waals surface area contributed by atoms with E-state index in [1.807, 2.05) is 30.3 Å². The van der Waals surface area contributed by atoms with Gasteiger partial charge in [-0.25, -0.2) is 0 Å². The first kappa shape index (κ1) is 10.6. The average Bonchev–Trinajstić information content (AvgIpc) is 2.39. The van der Waals surface area contributed by atoms with Crippen molar-refractivity contribution < 1.29 is 9.84 Å². The van der Waals surface area contributed by atoms with Crippen LogP contribution in [0.1, 0.15) is 5.56 Å². The Bertz CT molecular complexity index is 469. The number of nitrogens with zero attached hydrogens (tertiary/aromatic N) is 2. The van der Waals surface area contributed by atoms with Crippen molar-refractivity contribution >= 4 is 0 Å². The Labute approximate surface area is 93.5 Å². The second-order valence-corrected chi connectivity index (χ2v) is 3.32. The molecule has 0 saturated carbocycles. The first-order valence-electron chi connectivity index (χ1n) is 4.91. The van der Waals surface area contributed by atoms with E-state index < -0.39 is 0 Å². The molecule has 4 heteroatoms.